The molecule has 1 aromatic carbocycles. The molecule has 1 fully saturated rings. The van der Waals surface area contributed by atoms with Gasteiger partial charge in [0.2, 0.25) is 11.8 Å². The van der Waals surface area contributed by atoms with Gasteiger partial charge in [-0.15, -0.1) is 0 Å². The quantitative estimate of drug-likeness (QED) is 0.882. The summed E-state index contributed by atoms with van der Waals surface area (Å²) in [5.41, 5.74) is 0.795. The molecule has 18 heavy (non-hydrogen) atoms. The van der Waals surface area contributed by atoms with Crippen LogP contribution in [0, 0.1) is 0 Å². The van der Waals surface area contributed by atoms with Gasteiger partial charge in [0.15, 0.2) is 0 Å². The van der Waals surface area contributed by atoms with Crippen molar-refractivity contribution in [3.8, 4) is 0 Å². The second kappa shape index (κ2) is 5.21. The number of benzene rings is 1. The summed E-state index contributed by atoms with van der Waals surface area (Å²) in [4.78, 5) is 25.6. The number of para-hydroxylation sites is 1. The lowest BCUT2D eigenvalue weighted by Crippen LogP contribution is -2.46. The molecule has 0 aromatic heterocycles. The summed E-state index contributed by atoms with van der Waals surface area (Å²) in [5, 5.41) is 2.87. The van der Waals surface area contributed by atoms with Gasteiger partial charge >= 0.3 is 0 Å². The molecular formula is C14H18N2O2. The summed E-state index contributed by atoms with van der Waals surface area (Å²) in [6.07, 6.45) is 1.03. The van der Waals surface area contributed by atoms with Crippen LogP contribution in [-0.4, -0.2) is 23.9 Å². The van der Waals surface area contributed by atoms with Crippen LogP contribution in [-0.2, 0) is 9.59 Å². The Bertz CT molecular complexity index is 442. The second-order valence-corrected chi connectivity index (χ2v) is 4.82. The predicted octanol–water partition coefficient (Wildman–Crippen LogP) is 1.71. The van der Waals surface area contributed by atoms with Crippen molar-refractivity contribution in [1.29, 1.82) is 0 Å². The van der Waals surface area contributed by atoms with Gasteiger partial charge in [-0.05, 0) is 32.4 Å². The van der Waals surface area contributed by atoms with Crippen molar-refractivity contribution in [3.63, 3.8) is 0 Å². The zero-order valence-corrected chi connectivity index (χ0v) is 10.7. The third-order valence-corrected chi connectivity index (χ3v) is 2.98. The zero-order chi connectivity index (χ0) is 13.1. The minimum atomic E-state index is -0.373. The molecule has 2 rings (SSSR count). The van der Waals surface area contributed by atoms with Crippen molar-refractivity contribution < 1.29 is 9.59 Å². The highest BCUT2D eigenvalue weighted by molar-refractivity contribution is 6.03. The summed E-state index contributed by atoms with van der Waals surface area (Å²) >= 11 is 0. The molecule has 2 amide bonds. The molecule has 4 nitrogen and oxygen atoms in total. The Balaban J connectivity index is 2.21. The molecule has 96 valence electrons. The van der Waals surface area contributed by atoms with E-state index in [-0.39, 0.29) is 23.9 Å². The van der Waals surface area contributed by atoms with Gasteiger partial charge in [-0.2, -0.15) is 0 Å². The lowest BCUT2D eigenvalue weighted by molar-refractivity contribution is -0.124. The number of anilines is 1. The smallest absolute Gasteiger partial charge is 0.243 e. The fourth-order valence-corrected chi connectivity index (χ4v) is 2.23. The molecule has 4 heteroatoms. The number of rotatable bonds is 3. The third-order valence-electron chi connectivity index (χ3n) is 2.98. The van der Waals surface area contributed by atoms with Crippen molar-refractivity contribution in [3.05, 3.63) is 30.3 Å². The first kappa shape index (κ1) is 12.6. The molecule has 1 saturated heterocycles. The van der Waals surface area contributed by atoms with Gasteiger partial charge < -0.3 is 5.32 Å². The van der Waals surface area contributed by atoms with Crippen LogP contribution in [0.1, 0.15) is 26.7 Å². The molecule has 0 bridgehead atoms. The molecular weight excluding hydrogens is 228 g/mol. The Morgan fingerprint density at radius 2 is 2.00 bits per heavy atom. The van der Waals surface area contributed by atoms with Crippen molar-refractivity contribution in [2.24, 2.45) is 0 Å². The number of hydrogen-bond acceptors (Lipinski definition) is 2. The fraction of sp³-hybridized carbons (Fsp3) is 0.429. The van der Waals surface area contributed by atoms with E-state index in [1.54, 1.807) is 4.90 Å². The van der Waals surface area contributed by atoms with E-state index in [1.807, 2.05) is 44.2 Å². The van der Waals surface area contributed by atoms with Gasteiger partial charge in [0.25, 0.3) is 0 Å². The van der Waals surface area contributed by atoms with Crippen LogP contribution < -0.4 is 10.2 Å². The normalized spacial score (nSPS) is 19.4. The maximum absolute atomic E-state index is 12.1. The molecule has 1 heterocycles. The highest BCUT2D eigenvalue weighted by Gasteiger charge is 2.36. The van der Waals surface area contributed by atoms with E-state index in [4.69, 9.17) is 0 Å². The van der Waals surface area contributed by atoms with Crippen molar-refractivity contribution in [2.75, 3.05) is 4.90 Å². The average Bonchev–Trinajstić information content (AvgIpc) is 2.71. The van der Waals surface area contributed by atoms with Gasteiger partial charge in [0.05, 0.1) is 0 Å². The van der Waals surface area contributed by atoms with Gasteiger partial charge in [0, 0.05) is 18.2 Å². The van der Waals surface area contributed by atoms with Crippen LogP contribution in [0.2, 0.25) is 0 Å². The Hall–Kier alpha value is -1.84. The molecule has 1 aromatic rings. The van der Waals surface area contributed by atoms with E-state index in [1.165, 1.54) is 0 Å². The standard InChI is InChI=1S/C14H18N2O2/c1-10(2)15-14(18)12-8-9-13(17)16(12)11-6-4-3-5-7-11/h3-7,10,12H,8-9H2,1-2H3,(H,15,18). The number of nitrogens with one attached hydrogen (secondary N) is 1. The van der Waals surface area contributed by atoms with Gasteiger partial charge in [-0.3, -0.25) is 14.5 Å². The Morgan fingerprint density at radius 3 is 2.61 bits per heavy atom. The Labute approximate surface area is 107 Å². The van der Waals surface area contributed by atoms with E-state index >= 15 is 0 Å². The molecule has 0 aliphatic carbocycles. The van der Waals surface area contributed by atoms with E-state index in [0.29, 0.717) is 12.8 Å². The molecule has 1 N–H and O–H groups in total. The lowest BCUT2D eigenvalue weighted by Gasteiger charge is -2.24. The SMILES string of the molecule is CC(C)NC(=O)C1CCC(=O)N1c1ccccc1. The average molecular weight is 246 g/mol. The molecule has 1 unspecified atom stereocenters. The molecule has 1 atom stereocenters. The van der Waals surface area contributed by atoms with Crippen LogP contribution in [0.4, 0.5) is 5.69 Å². The molecule has 0 radical (unpaired) electrons. The molecule has 0 spiro atoms. The van der Waals surface area contributed by atoms with Crippen molar-refractivity contribution in [2.45, 2.75) is 38.8 Å². The highest BCUT2D eigenvalue weighted by atomic mass is 16.2. The predicted molar refractivity (Wildman–Crippen MR) is 70.2 cm³/mol. The van der Waals surface area contributed by atoms with Gasteiger partial charge in [-0.25, -0.2) is 0 Å². The van der Waals surface area contributed by atoms with Crippen molar-refractivity contribution in [1.82, 2.24) is 5.32 Å². The number of hydrogen-bond donors (Lipinski definition) is 1. The lowest BCUT2D eigenvalue weighted by atomic mass is 10.2. The first-order chi connectivity index (χ1) is 8.59. The van der Waals surface area contributed by atoms with E-state index in [9.17, 15) is 9.59 Å². The number of carbonyl (C=O) groups excluding carboxylic acids is 2. The van der Waals surface area contributed by atoms with E-state index < -0.39 is 0 Å². The molecule has 0 saturated carbocycles. The van der Waals surface area contributed by atoms with E-state index in [2.05, 4.69) is 5.32 Å². The summed E-state index contributed by atoms with van der Waals surface area (Å²) in [7, 11) is 0. The maximum Gasteiger partial charge on any atom is 0.243 e. The van der Waals surface area contributed by atoms with Crippen molar-refractivity contribution >= 4 is 17.5 Å². The number of carbonyl (C=O) groups is 2. The van der Waals surface area contributed by atoms with Crippen LogP contribution in [0.3, 0.4) is 0 Å². The summed E-state index contributed by atoms with van der Waals surface area (Å²) in [6, 6.07) is 9.08. The van der Waals surface area contributed by atoms with Crippen LogP contribution in [0.25, 0.3) is 0 Å². The molecule has 1 aliphatic heterocycles. The topological polar surface area (TPSA) is 49.4 Å². The molecule has 1 aliphatic rings. The maximum atomic E-state index is 12.1. The largest absolute Gasteiger partial charge is 0.352 e. The summed E-state index contributed by atoms with van der Waals surface area (Å²) in [5.74, 6) is -0.0511. The van der Waals surface area contributed by atoms with Gasteiger partial charge in [-0.1, -0.05) is 18.2 Å². The summed E-state index contributed by atoms with van der Waals surface area (Å²) in [6.45, 7) is 3.84. The third kappa shape index (κ3) is 2.53. The van der Waals surface area contributed by atoms with E-state index in [0.717, 1.165) is 5.69 Å². The second-order valence-electron chi connectivity index (χ2n) is 4.82. The number of nitrogens with zero attached hydrogens (tertiary/aromatic N) is 1. The number of amides is 2. The monoisotopic (exact) mass is 246 g/mol. The Morgan fingerprint density at radius 1 is 1.33 bits per heavy atom. The first-order valence-corrected chi connectivity index (χ1v) is 6.27. The van der Waals surface area contributed by atoms with Gasteiger partial charge in [0.1, 0.15) is 6.04 Å². The highest BCUT2D eigenvalue weighted by Crippen LogP contribution is 2.26. The minimum Gasteiger partial charge on any atom is -0.352 e. The van der Waals surface area contributed by atoms with Crippen LogP contribution in [0.15, 0.2) is 30.3 Å². The zero-order valence-electron chi connectivity index (χ0n) is 10.7. The first-order valence-electron chi connectivity index (χ1n) is 6.27. The van der Waals surface area contributed by atoms with Crippen LogP contribution in [0.5, 0.6) is 0 Å². The minimum absolute atomic E-state index is 0.0186. The Kier molecular flexibility index (Phi) is 3.65. The summed E-state index contributed by atoms with van der Waals surface area (Å²) < 4.78 is 0. The fourth-order valence-electron chi connectivity index (χ4n) is 2.23. The van der Waals surface area contributed by atoms with Crippen LogP contribution >= 0.6 is 0 Å².